The SMILES string of the molecule is CCS(=O)(=O)N1CCC(Nc2c[c]cc3ccncc23)CC1. The van der Waals surface area contributed by atoms with E-state index in [0.29, 0.717) is 13.1 Å². The van der Waals surface area contributed by atoms with Crippen molar-refractivity contribution in [2.24, 2.45) is 0 Å². The van der Waals surface area contributed by atoms with Crippen LogP contribution in [0.4, 0.5) is 5.69 Å². The van der Waals surface area contributed by atoms with Crippen LogP contribution in [0.2, 0.25) is 0 Å². The van der Waals surface area contributed by atoms with E-state index in [-0.39, 0.29) is 11.8 Å². The lowest BCUT2D eigenvalue weighted by molar-refractivity contribution is 0.330. The van der Waals surface area contributed by atoms with Crippen LogP contribution in [0.5, 0.6) is 0 Å². The average molecular weight is 318 g/mol. The van der Waals surface area contributed by atoms with Gasteiger partial charge in [-0.1, -0.05) is 0 Å². The van der Waals surface area contributed by atoms with Gasteiger partial charge in [0.05, 0.1) is 5.75 Å². The minimum Gasteiger partial charge on any atom is -0.382 e. The molecule has 117 valence electrons. The van der Waals surface area contributed by atoms with Crippen molar-refractivity contribution >= 4 is 26.5 Å². The van der Waals surface area contributed by atoms with Crippen molar-refractivity contribution in [3.05, 3.63) is 36.7 Å². The molecule has 0 spiro atoms. The Balaban J connectivity index is 1.70. The molecule has 0 unspecified atom stereocenters. The van der Waals surface area contributed by atoms with E-state index in [9.17, 15) is 8.42 Å². The molecule has 2 aromatic rings. The molecule has 6 heteroatoms. The van der Waals surface area contributed by atoms with Gasteiger partial charge in [-0.2, -0.15) is 0 Å². The zero-order chi connectivity index (χ0) is 15.6. The van der Waals surface area contributed by atoms with Crippen molar-refractivity contribution in [3.63, 3.8) is 0 Å². The van der Waals surface area contributed by atoms with Crippen molar-refractivity contribution in [2.75, 3.05) is 24.2 Å². The molecule has 1 aliphatic rings. The van der Waals surface area contributed by atoms with Crippen LogP contribution in [-0.4, -0.2) is 42.6 Å². The molecule has 1 fully saturated rings. The van der Waals surface area contributed by atoms with E-state index in [0.717, 1.165) is 29.3 Å². The van der Waals surface area contributed by atoms with Gasteiger partial charge in [0.1, 0.15) is 0 Å². The minimum absolute atomic E-state index is 0.176. The summed E-state index contributed by atoms with van der Waals surface area (Å²) in [6.45, 7) is 2.86. The lowest BCUT2D eigenvalue weighted by Crippen LogP contribution is -2.42. The second-order valence-electron chi connectivity index (χ2n) is 5.55. The third-order valence-electron chi connectivity index (χ3n) is 4.18. The third-order valence-corrected chi connectivity index (χ3v) is 6.06. The number of benzene rings is 1. The molecular weight excluding hydrogens is 298 g/mol. The number of sulfonamides is 1. The Bertz CT molecular complexity index is 748. The fourth-order valence-corrected chi connectivity index (χ4v) is 3.98. The monoisotopic (exact) mass is 318 g/mol. The van der Waals surface area contributed by atoms with Crippen LogP contribution < -0.4 is 5.32 Å². The van der Waals surface area contributed by atoms with E-state index in [1.807, 2.05) is 24.4 Å². The normalized spacial score (nSPS) is 17.7. The third kappa shape index (κ3) is 3.08. The molecule has 0 saturated carbocycles. The van der Waals surface area contributed by atoms with Crippen molar-refractivity contribution in [2.45, 2.75) is 25.8 Å². The van der Waals surface area contributed by atoms with E-state index in [2.05, 4.69) is 16.4 Å². The maximum Gasteiger partial charge on any atom is 0.213 e. The van der Waals surface area contributed by atoms with Crippen molar-refractivity contribution in [1.82, 2.24) is 9.29 Å². The molecule has 1 N–H and O–H groups in total. The van der Waals surface area contributed by atoms with Crippen molar-refractivity contribution < 1.29 is 8.42 Å². The number of rotatable bonds is 4. The van der Waals surface area contributed by atoms with Crippen LogP contribution in [0, 0.1) is 6.07 Å². The number of aromatic nitrogens is 1. The minimum atomic E-state index is -3.06. The quantitative estimate of drug-likeness (QED) is 0.939. The number of nitrogens with zero attached hydrogens (tertiary/aromatic N) is 2. The van der Waals surface area contributed by atoms with Crippen LogP contribution in [0.25, 0.3) is 10.8 Å². The van der Waals surface area contributed by atoms with Crippen molar-refractivity contribution in [1.29, 1.82) is 0 Å². The standard InChI is InChI=1S/C16H20N3O2S/c1-2-22(20,21)19-10-7-14(8-11-19)18-16-5-3-4-13-6-9-17-12-15(13)16/h4-6,9,12,14,18H,2,7-8,10-11H2,1H3. The highest BCUT2D eigenvalue weighted by atomic mass is 32.2. The predicted octanol–water partition coefficient (Wildman–Crippen LogP) is 2.26. The Labute approximate surface area is 131 Å². The van der Waals surface area contributed by atoms with Crippen molar-refractivity contribution in [3.8, 4) is 0 Å². The maximum atomic E-state index is 11.9. The smallest absolute Gasteiger partial charge is 0.213 e. The van der Waals surface area contributed by atoms with Gasteiger partial charge in [-0.3, -0.25) is 4.98 Å². The van der Waals surface area contributed by atoms with Gasteiger partial charge in [-0.15, -0.1) is 0 Å². The highest BCUT2D eigenvalue weighted by molar-refractivity contribution is 7.89. The van der Waals surface area contributed by atoms with E-state index in [1.165, 1.54) is 0 Å². The highest BCUT2D eigenvalue weighted by Crippen LogP contribution is 2.25. The number of nitrogens with one attached hydrogen (secondary N) is 1. The van der Waals surface area contributed by atoms with Crippen LogP contribution in [0.3, 0.4) is 0 Å². The summed E-state index contributed by atoms with van der Waals surface area (Å²) in [6, 6.07) is 9.26. The Hall–Kier alpha value is -1.66. The number of anilines is 1. The van der Waals surface area contributed by atoms with E-state index >= 15 is 0 Å². The number of pyridine rings is 1. The summed E-state index contributed by atoms with van der Waals surface area (Å²) in [7, 11) is -3.06. The first-order valence-electron chi connectivity index (χ1n) is 7.58. The van der Waals surface area contributed by atoms with Crippen LogP contribution in [-0.2, 0) is 10.0 Å². The molecule has 0 aliphatic carbocycles. The predicted molar refractivity (Wildman–Crippen MR) is 88.3 cm³/mol. The summed E-state index contributed by atoms with van der Waals surface area (Å²) >= 11 is 0. The molecular formula is C16H20N3O2S. The Morgan fingerprint density at radius 1 is 1.36 bits per heavy atom. The molecule has 1 aromatic heterocycles. The fourth-order valence-electron chi connectivity index (χ4n) is 2.85. The number of fused-ring (bicyclic) bond motifs is 1. The molecule has 3 rings (SSSR count). The Kier molecular flexibility index (Phi) is 4.31. The topological polar surface area (TPSA) is 62.3 Å². The highest BCUT2D eigenvalue weighted by Gasteiger charge is 2.26. The molecule has 0 amide bonds. The van der Waals surface area contributed by atoms with Crippen LogP contribution in [0.15, 0.2) is 30.6 Å². The second-order valence-corrected chi connectivity index (χ2v) is 7.81. The van der Waals surface area contributed by atoms with Gasteiger partial charge in [-0.25, -0.2) is 12.7 Å². The first kappa shape index (κ1) is 15.2. The summed E-state index contributed by atoms with van der Waals surface area (Å²) in [5.74, 6) is 0.176. The molecule has 5 nitrogen and oxygen atoms in total. The number of hydrogen-bond donors (Lipinski definition) is 1. The Morgan fingerprint density at radius 2 is 2.14 bits per heavy atom. The van der Waals surface area contributed by atoms with Gasteiger partial charge in [-0.05, 0) is 49.4 Å². The summed E-state index contributed by atoms with van der Waals surface area (Å²) in [6.07, 6.45) is 5.25. The lowest BCUT2D eigenvalue weighted by Gasteiger charge is -2.32. The zero-order valence-electron chi connectivity index (χ0n) is 12.6. The van der Waals surface area contributed by atoms with Gasteiger partial charge in [0.2, 0.25) is 10.0 Å². The molecule has 22 heavy (non-hydrogen) atoms. The molecule has 1 saturated heterocycles. The van der Waals surface area contributed by atoms with Crippen LogP contribution in [0.1, 0.15) is 19.8 Å². The Morgan fingerprint density at radius 3 is 2.86 bits per heavy atom. The van der Waals surface area contributed by atoms with Gasteiger partial charge in [0, 0.05) is 42.6 Å². The summed E-state index contributed by atoms with van der Waals surface area (Å²) in [5.41, 5.74) is 1.02. The lowest BCUT2D eigenvalue weighted by atomic mass is 10.0. The molecule has 1 aliphatic heterocycles. The molecule has 1 radical (unpaired) electrons. The number of piperidine rings is 1. The van der Waals surface area contributed by atoms with E-state index < -0.39 is 10.0 Å². The molecule has 0 atom stereocenters. The van der Waals surface area contributed by atoms with Gasteiger partial charge < -0.3 is 5.32 Å². The zero-order valence-corrected chi connectivity index (χ0v) is 13.4. The first-order valence-corrected chi connectivity index (χ1v) is 9.19. The van der Waals surface area contributed by atoms with E-state index in [1.54, 1.807) is 17.4 Å². The molecule has 0 bridgehead atoms. The summed E-state index contributed by atoms with van der Waals surface area (Å²) in [5, 5.41) is 5.70. The number of hydrogen-bond acceptors (Lipinski definition) is 4. The first-order chi connectivity index (χ1) is 10.6. The maximum absolute atomic E-state index is 11.9. The average Bonchev–Trinajstić information content (AvgIpc) is 2.56. The second kappa shape index (κ2) is 6.22. The fraction of sp³-hybridized carbons (Fsp3) is 0.438. The van der Waals surface area contributed by atoms with Gasteiger partial charge in [0.15, 0.2) is 0 Å². The molecule has 2 heterocycles. The summed E-state index contributed by atoms with van der Waals surface area (Å²) in [4.78, 5) is 4.18. The summed E-state index contributed by atoms with van der Waals surface area (Å²) < 4.78 is 25.4. The van der Waals surface area contributed by atoms with Gasteiger partial charge >= 0.3 is 0 Å². The molecule has 1 aromatic carbocycles. The van der Waals surface area contributed by atoms with Gasteiger partial charge in [0.25, 0.3) is 0 Å². The van der Waals surface area contributed by atoms with E-state index in [4.69, 9.17) is 0 Å². The largest absolute Gasteiger partial charge is 0.382 e. The van der Waals surface area contributed by atoms with Crippen LogP contribution >= 0.6 is 0 Å².